The first kappa shape index (κ1) is 58.1. The fourth-order valence-corrected chi connectivity index (χ4v) is 16.3. The first-order valence-corrected chi connectivity index (χ1v) is 27.3. The highest BCUT2D eigenvalue weighted by atomic mass is 16.8. The Hall–Kier alpha value is -1.59. The van der Waals surface area contributed by atoms with Crippen molar-refractivity contribution in [2.24, 2.45) is 50.7 Å². The number of hydrogen-bond donors (Lipinski definition) is 13. The van der Waals surface area contributed by atoms with E-state index in [0.29, 0.717) is 38.5 Å². The van der Waals surface area contributed by atoms with Crippen molar-refractivity contribution in [1.82, 2.24) is 0 Å². The van der Waals surface area contributed by atoms with Gasteiger partial charge in [-0.25, -0.2) is 0 Å². The predicted octanol–water partition coefficient (Wildman–Crippen LogP) is -1.40. The van der Waals surface area contributed by atoms with E-state index in [0.717, 1.165) is 24.8 Å². The van der Waals surface area contributed by atoms with Crippen LogP contribution in [0.3, 0.4) is 0 Å². The van der Waals surface area contributed by atoms with Crippen LogP contribution in [0.5, 0.6) is 0 Å². The highest BCUT2D eigenvalue weighted by Gasteiger charge is 2.72. The molecule has 9 rings (SSSR count). The molecule has 4 saturated carbocycles. The Morgan fingerprint density at radius 3 is 1.95 bits per heavy atom. The summed E-state index contributed by atoms with van der Waals surface area (Å²) in [5.41, 5.74) is -3.14. The summed E-state index contributed by atoms with van der Waals surface area (Å²) < 4.78 is 47.7. The van der Waals surface area contributed by atoms with Crippen LogP contribution in [0.4, 0.5) is 0 Å². The maximum Gasteiger partial charge on any atom is 0.315 e. The molecule has 13 N–H and O–H groups in total. The topological polar surface area (TPSA) is 354 Å². The van der Waals surface area contributed by atoms with E-state index in [4.69, 9.17) is 37.9 Å². The molecule has 0 radical (unpaired) electrons. The van der Waals surface area contributed by atoms with E-state index in [1.54, 1.807) is 6.92 Å². The lowest BCUT2D eigenvalue weighted by atomic mass is 9.33. The summed E-state index contributed by atoms with van der Waals surface area (Å²) >= 11 is 0. The fourth-order valence-electron chi connectivity index (χ4n) is 16.3. The number of esters is 1. The Morgan fingerprint density at radius 1 is 0.640 bits per heavy atom. The highest BCUT2D eigenvalue weighted by molar-refractivity contribution is 5.79. The summed E-state index contributed by atoms with van der Waals surface area (Å²) in [4.78, 5) is 15.1. The molecule has 8 fully saturated rings. The average Bonchev–Trinajstić information content (AvgIpc) is 3.36. The van der Waals surface area contributed by atoms with Gasteiger partial charge in [-0.15, -0.1) is 0 Å². The Bertz CT molecular complexity index is 2080. The van der Waals surface area contributed by atoms with Gasteiger partial charge in [-0.1, -0.05) is 53.2 Å². The molecule has 9 aliphatic rings. The maximum absolute atomic E-state index is 15.1. The van der Waals surface area contributed by atoms with E-state index in [1.165, 1.54) is 6.92 Å². The van der Waals surface area contributed by atoms with Gasteiger partial charge in [0.15, 0.2) is 18.9 Å². The van der Waals surface area contributed by atoms with Crippen LogP contribution in [0.2, 0.25) is 0 Å². The first-order chi connectivity index (χ1) is 35.0. The van der Waals surface area contributed by atoms with Gasteiger partial charge in [0.05, 0.1) is 43.0 Å². The number of hydrogen-bond acceptors (Lipinski definition) is 22. The van der Waals surface area contributed by atoms with Gasteiger partial charge in [-0.2, -0.15) is 0 Å². The van der Waals surface area contributed by atoms with Crippen LogP contribution in [0.25, 0.3) is 0 Å². The van der Waals surface area contributed by atoms with E-state index in [-0.39, 0.29) is 35.2 Å². The van der Waals surface area contributed by atoms with Gasteiger partial charge in [0.25, 0.3) is 0 Å². The zero-order valence-electron chi connectivity index (χ0n) is 44.4. The summed E-state index contributed by atoms with van der Waals surface area (Å²) in [6.45, 7) is 15.1. The molecule has 4 saturated heterocycles. The normalized spacial score (nSPS) is 55.8. The second-order valence-electron chi connectivity index (χ2n) is 25.5. The minimum atomic E-state index is -1.89. The molecule has 75 heavy (non-hydrogen) atoms. The van der Waals surface area contributed by atoms with E-state index < -0.39 is 170 Å². The van der Waals surface area contributed by atoms with Crippen LogP contribution in [-0.2, 0) is 42.7 Å². The molecule has 0 aromatic rings. The lowest BCUT2D eigenvalue weighted by Gasteiger charge is -2.72. The number of rotatable bonds is 10. The molecule has 29 atom stereocenters. The summed E-state index contributed by atoms with van der Waals surface area (Å²) in [5.74, 6) is -1.35. The molecule has 0 amide bonds. The molecular formula is C53H86O22. The van der Waals surface area contributed by atoms with Crippen LogP contribution in [-0.4, -0.2) is 221 Å². The quantitative estimate of drug-likeness (QED) is 0.0680. The number of allylic oxidation sites excluding steroid dienone is 1. The summed E-state index contributed by atoms with van der Waals surface area (Å²) in [7, 11) is 0. The van der Waals surface area contributed by atoms with Crippen molar-refractivity contribution in [2.75, 3.05) is 19.8 Å². The average molecular weight is 1080 g/mol. The minimum Gasteiger partial charge on any atom is -0.432 e. The minimum absolute atomic E-state index is 0.137. The summed E-state index contributed by atoms with van der Waals surface area (Å²) in [5, 5.41) is 140. The molecular weight excluding hydrogens is 989 g/mol. The van der Waals surface area contributed by atoms with Crippen LogP contribution in [0.15, 0.2) is 11.6 Å². The third-order valence-corrected chi connectivity index (χ3v) is 21.4. The van der Waals surface area contributed by atoms with Crippen molar-refractivity contribution in [3.05, 3.63) is 11.6 Å². The standard InChI is InChI=1S/C53H86O22/c1-22-11-16-53(47(66)75-45-40(65)37(62)34(59)27(72-45)21-69-43-38(63)36(61)33(58)26(19-54)71-43)18-17-50(6)24(42(53)52(22,8)67)9-10-29-49(5)14-13-30(48(3,4)28(49)12-15-51(29,50)7)73-46-41(32(57)25(55)20-68-46)74-44-39(64)35(60)31(56)23(2)70-44/h9,22-23,25-46,54-65,67H,10-21H2,1-8H3/t22-,23+,25+,26-,27-,28+,29-,30+,31+,32+,33-,34-,35-,36+,37+,38-,39-,40-,41-,42-,43-,44+,45+,46+,49+,50-,51-,52-,53+/m1/s1. The number of aliphatic hydroxyl groups is 13. The van der Waals surface area contributed by atoms with Crippen molar-refractivity contribution in [2.45, 2.75) is 242 Å². The van der Waals surface area contributed by atoms with Gasteiger partial charge < -0.3 is 104 Å². The van der Waals surface area contributed by atoms with Crippen molar-refractivity contribution in [1.29, 1.82) is 0 Å². The number of fused-ring (bicyclic) bond motifs is 7. The lowest BCUT2D eigenvalue weighted by Crippen LogP contribution is -2.68. The summed E-state index contributed by atoms with van der Waals surface area (Å²) in [6.07, 6.45) is -21.8. The fraction of sp³-hybridized carbons (Fsp3) is 0.943. The molecule has 0 aromatic carbocycles. The Morgan fingerprint density at radius 2 is 1.27 bits per heavy atom. The van der Waals surface area contributed by atoms with Crippen LogP contribution >= 0.6 is 0 Å². The molecule has 22 heteroatoms. The van der Waals surface area contributed by atoms with E-state index in [9.17, 15) is 66.4 Å². The zero-order chi connectivity index (χ0) is 54.9. The molecule has 0 spiro atoms. The number of carbonyl (C=O) groups excluding carboxylic acids is 1. The molecule has 0 aromatic heterocycles. The zero-order valence-corrected chi connectivity index (χ0v) is 44.4. The maximum atomic E-state index is 15.1. The van der Waals surface area contributed by atoms with Crippen molar-refractivity contribution >= 4 is 5.97 Å². The van der Waals surface area contributed by atoms with Gasteiger partial charge in [-0.3, -0.25) is 4.79 Å². The molecule has 430 valence electrons. The smallest absolute Gasteiger partial charge is 0.315 e. The lowest BCUT2D eigenvalue weighted by molar-refractivity contribution is -0.364. The van der Waals surface area contributed by atoms with Crippen molar-refractivity contribution in [3.63, 3.8) is 0 Å². The van der Waals surface area contributed by atoms with E-state index in [2.05, 4.69) is 40.7 Å². The third-order valence-electron chi connectivity index (χ3n) is 21.4. The van der Waals surface area contributed by atoms with Crippen LogP contribution < -0.4 is 0 Å². The SMILES string of the molecule is C[C@@H]1O[C@@H](O[C@H]2[C@H](O[C@H]3CC[C@]4(C)[C@H]5CC=C6[C@H]7[C@](C(=O)O[C@@H]8O[C@H](CO[C@@H]9O[C@H](CO)[C@@H](O)[C@H](O)[C@H]9O)[C@@H](O)[C@H](O)[C@H]8O)(CC[C@@H](C)[C@@]7(C)O)CC[C@@]6(C)[C@]5(C)CC[C@H]4C3(C)C)OC[C@H](O)[C@@H]2O)[C@H](O)[C@H](O)[C@H]1O. The first-order valence-electron chi connectivity index (χ1n) is 27.3. The van der Waals surface area contributed by atoms with Crippen molar-refractivity contribution < 1.29 is 109 Å². The Balaban J connectivity index is 0.937. The van der Waals surface area contributed by atoms with E-state index in [1.807, 2.05) is 6.92 Å². The molecule has 5 aliphatic carbocycles. The van der Waals surface area contributed by atoms with Gasteiger partial charge in [0.2, 0.25) is 6.29 Å². The largest absolute Gasteiger partial charge is 0.432 e. The summed E-state index contributed by atoms with van der Waals surface area (Å²) in [6, 6.07) is 0. The van der Waals surface area contributed by atoms with Gasteiger partial charge >= 0.3 is 5.97 Å². The second-order valence-corrected chi connectivity index (χ2v) is 25.5. The third kappa shape index (κ3) is 9.21. The Labute approximate surface area is 437 Å². The van der Waals surface area contributed by atoms with Crippen LogP contribution in [0, 0.1) is 50.7 Å². The van der Waals surface area contributed by atoms with Crippen LogP contribution in [0.1, 0.15) is 113 Å². The molecule has 4 aliphatic heterocycles. The molecule has 22 nitrogen and oxygen atoms in total. The monoisotopic (exact) mass is 1070 g/mol. The molecule has 0 unspecified atom stereocenters. The number of ether oxygens (including phenoxy) is 8. The van der Waals surface area contributed by atoms with Gasteiger partial charge in [-0.05, 0) is 111 Å². The molecule has 4 heterocycles. The predicted molar refractivity (Wildman–Crippen MR) is 257 cm³/mol. The Kier molecular flexibility index (Phi) is 16.1. The highest BCUT2D eigenvalue weighted by Crippen LogP contribution is 2.76. The van der Waals surface area contributed by atoms with E-state index >= 15 is 4.79 Å². The molecule has 0 bridgehead atoms. The number of aliphatic hydroxyl groups excluding tert-OH is 12. The second kappa shape index (κ2) is 20.7. The van der Waals surface area contributed by atoms with Crippen molar-refractivity contribution in [3.8, 4) is 0 Å². The van der Waals surface area contributed by atoms with Gasteiger partial charge in [0.1, 0.15) is 85.5 Å². The number of carbonyl (C=O) groups is 1. The van der Waals surface area contributed by atoms with Gasteiger partial charge in [0, 0.05) is 5.92 Å².